The van der Waals surface area contributed by atoms with Gasteiger partial charge in [-0.15, -0.1) is 11.3 Å². The van der Waals surface area contributed by atoms with Gasteiger partial charge in [0.15, 0.2) is 5.60 Å². The second-order valence-corrected chi connectivity index (χ2v) is 4.75. The quantitative estimate of drug-likeness (QED) is 0.771. The molecule has 0 aromatic carbocycles. The summed E-state index contributed by atoms with van der Waals surface area (Å²) in [5.74, 6) is -0.295. The molecule has 0 saturated heterocycles. The highest BCUT2D eigenvalue weighted by atomic mass is 79.9. The average Bonchev–Trinajstić information content (AvgIpc) is 2.32. The molecule has 13 heavy (non-hydrogen) atoms. The topological polar surface area (TPSA) is 39.2 Å². The zero-order valence-electron chi connectivity index (χ0n) is 7.63. The third-order valence-electron chi connectivity index (χ3n) is 1.39. The van der Waals surface area contributed by atoms with Crippen LogP contribution in [0.1, 0.15) is 25.8 Å². The molecule has 0 aliphatic carbocycles. The number of thiazole rings is 1. The zero-order chi connectivity index (χ0) is 10.1. The van der Waals surface area contributed by atoms with E-state index in [1.807, 2.05) is 19.2 Å². The average molecular weight is 264 g/mol. The molecule has 72 valence electrons. The Morgan fingerprint density at radius 1 is 1.69 bits per heavy atom. The number of hydrogen-bond donors (Lipinski definition) is 0. The van der Waals surface area contributed by atoms with Crippen molar-refractivity contribution in [1.29, 1.82) is 0 Å². The molecule has 0 radical (unpaired) electrons. The summed E-state index contributed by atoms with van der Waals surface area (Å²) in [7, 11) is 0. The zero-order valence-corrected chi connectivity index (χ0v) is 10.0. The summed E-state index contributed by atoms with van der Waals surface area (Å²) in [5, 5.41) is 2.65. The number of carbonyl (C=O) groups is 1. The lowest BCUT2D eigenvalue weighted by Gasteiger charge is -2.21. The molecule has 1 heterocycles. The van der Waals surface area contributed by atoms with E-state index in [1.54, 1.807) is 0 Å². The van der Waals surface area contributed by atoms with Gasteiger partial charge in [0.05, 0.1) is 0 Å². The highest BCUT2D eigenvalue weighted by Gasteiger charge is 2.27. The summed E-state index contributed by atoms with van der Waals surface area (Å²) in [5.41, 5.74) is -0.636. The van der Waals surface area contributed by atoms with Gasteiger partial charge in [0.25, 0.3) is 0 Å². The molecule has 1 aromatic heterocycles. The van der Waals surface area contributed by atoms with Crippen LogP contribution in [0.2, 0.25) is 0 Å². The van der Waals surface area contributed by atoms with E-state index in [9.17, 15) is 4.79 Å². The maximum Gasteiger partial charge on any atom is 0.303 e. The number of hydrogen-bond acceptors (Lipinski definition) is 4. The van der Waals surface area contributed by atoms with Gasteiger partial charge in [0, 0.05) is 12.3 Å². The predicted octanol–water partition coefficient (Wildman–Crippen LogP) is 2.70. The first kappa shape index (κ1) is 10.7. The van der Waals surface area contributed by atoms with Gasteiger partial charge in [-0.3, -0.25) is 4.79 Å². The van der Waals surface area contributed by atoms with Crippen LogP contribution in [0, 0.1) is 0 Å². The van der Waals surface area contributed by atoms with E-state index < -0.39 is 5.60 Å². The number of ether oxygens (including phenoxy) is 1. The summed E-state index contributed by atoms with van der Waals surface area (Å²) >= 11 is 4.71. The lowest BCUT2D eigenvalue weighted by Crippen LogP contribution is -2.23. The number of esters is 1. The van der Waals surface area contributed by atoms with Gasteiger partial charge >= 0.3 is 5.97 Å². The van der Waals surface area contributed by atoms with Crippen molar-refractivity contribution in [2.45, 2.75) is 26.4 Å². The van der Waals surface area contributed by atoms with Crippen molar-refractivity contribution in [3.63, 3.8) is 0 Å². The van der Waals surface area contributed by atoms with Crippen LogP contribution >= 0.6 is 27.3 Å². The molecule has 0 aliphatic rings. The van der Waals surface area contributed by atoms with Crippen molar-refractivity contribution in [1.82, 2.24) is 4.98 Å². The first-order valence-electron chi connectivity index (χ1n) is 3.73. The van der Waals surface area contributed by atoms with Gasteiger partial charge in [-0.2, -0.15) is 0 Å². The highest BCUT2D eigenvalue weighted by Crippen LogP contribution is 2.29. The number of aromatic nitrogens is 1. The maximum absolute atomic E-state index is 10.8. The Bertz CT molecular complexity index is 322. The molecule has 0 aliphatic heterocycles. The molecule has 0 spiro atoms. The lowest BCUT2D eigenvalue weighted by molar-refractivity contribution is -0.154. The van der Waals surface area contributed by atoms with Crippen molar-refractivity contribution in [3.8, 4) is 0 Å². The Labute approximate surface area is 89.3 Å². The minimum atomic E-state index is -0.636. The summed E-state index contributed by atoms with van der Waals surface area (Å²) in [6, 6.07) is 0. The van der Waals surface area contributed by atoms with Gasteiger partial charge in [0.2, 0.25) is 0 Å². The number of halogens is 1. The van der Waals surface area contributed by atoms with E-state index in [-0.39, 0.29) is 5.97 Å². The highest BCUT2D eigenvalue weighted by molar-refractivity contribution is 9.10. The van der Waals surface area contributed by atoms with Gasteiger partial charge in [0.1, 0.15) is 9.61 Å². The Kier molecular flexibility index (Phi) is 3.08. The Morgan fingerprint density at radius 2 is 2.31 bits per heavy atom. The molecule has 0 amide bonds. The van der Waals surface area contributed by atoms with Crippen LogP contribution in [0.25, 0.3) is 0 Å². The molecule has 0 N–H and O–H groups in total. The smallest absolute Gasteiger partial charge is 0.303 e. The minimum Gasteiger partial charge on any atom is -0.452 e. The fourth-order valence-electron chi connectivity index (χ4n) is 0.934. The molecule has 0 saturated carbocycles. The fraction of sp³-hybridized carbons (Fsp3) is 0.500. The monoisotopic (exact) mass is 263 g/mol. The van der Waals surface area contributed by atoms with E-state index in [1.165, 1.54) is 18.3 Å². The van der Waals surface area contributed by atoms with Crippen LogP contribution in [0.3, 0.4) is 0 Å². The molecule has 0 bridgehead atoms. The largest absolute Gasteiger partial charge is 0.452 e. The molecule has 0 fully saturated rings. The third kappa shape index (κ3) is 2.77. The van der Waals surface area contributed by atoms with E-state index in [4.69, 9.17) is 4.74 Å². The Balaban J connectivity index is 2.86. The second kappa shape index (κ2) is 3.75. The van der Waals surface area contributed by atoms with Crippen LogP contribution in [-0.4, -0.2) is 11.0 Å². The molecule has 1 aromatic rings. The van der Waals surface area contributed by atoms with E-state index in [2.05, 4.69) is 20.9 Å². The molecule has 5 heteroatoms. The molecular weight excluding hydrogens is 254 g/mol. The van der Waals surface area contributed by atoms with Crippen molar-refractivity contribution < 1.29 is 9.53 Å². The van der Waals surface area contributed by atoms with Crippen LogP contribution in [0.15, 0.2) is 9.98 Å². The van der Waals surface area contributed by atoms with Gasteiger partial charge in [-0.1, -0.05) is 0 Å². The molecule has 3 nitrogen and oxygen atoms in total. The maximum atomic E-state index is 10.8. The molecule has 1 rings (SSSR count). The molecule has 0 unspecified atom stereocenters. The van der Waals surface area contributed by atoms with Crippen molar-refractivity contribution in [2.75, 3.05) is 0 Å². The van der Waals surface area contributed by atoms with E-state index in [0.29, 0.717) is 0 Å². The first-order chi connectivity index (χ1) is 5.92. The van der Waals surface area contributed by atoms with Crippen LogP contribution in [0.5, 0.6) is 0 Å². The molecular formula is C8H10BrNO2S. The number of rotatable bonds is 2. The van der Waals surface area contributed by atoms with Crippen molar-refractivity contribution in [2.24, 2.45) is 0 Å². The third-order valence-corrected chi connectivity index (χ3v) is 3.25. The number of nitrogens with zero attached hydrogens (tertiary/aromatic N) is 1. The van der Waals surface area contributed by atoms with Crippen molar-refractivity contribution in [3.05, 3.63) is 15.0 Å². The van der Waals surface area contributed by atoms with Gasteiger partial charge < -0.3 is 4.74 Å². The molecule has 0 atom stereocenters. The van der Waals surface area contributed by atoms with Crippen LogP contribution in [0.4, 0.5) is 0 Å². The Hall–Kier alpha value is -0.420. The van der Waals surface area contributed by atoms with E-state index >= 15 is 0 Å². The normalized spacial score (nSPS) is 11.4. The van der Waals surface area contributed by atoms with Gasteiger partial charge in [-0.25, -0.2) is 4.98 Å². The van der Waals surface area contributed by atoms with Crippen molar-refractivity contribution >= 4 is 33.2 Å². The van der Waals surface area contributed by atoms with Crippen LogP contribution < -0.4 is 0 Å². The summed E-state index contributed by atoms with van der Waals surface area (Å²) < 4.78 is 5.90. The number of carbonyl (C=O) groups excluding carboxylic acids is 1. The minimum absolute atomic E-state index is 0.295. The standard InChI is InChI=1S/C8H10BrNO2S/c1-5(11)12-8(2,3)7-10-6(9)4-13-7/h4H,1-3H3. The SMILES string of the molecule is CC(=O)OC(C)(C)c1nc(Br)cs1. The van der Waals surface area contributed by atoms with Gasteiger partial charge in [-0.05, 0) is 29.8 Å². The second-order valence-electron chi connectivity index (χ2n) is 3.08. The predicted molar refractivity (Wildman–Crippen MR) is 54.6 cm³/mol. The van der Waals surface area contributed by atoms with Crippen LogP contribution in [-0.2, 0) is 15.1 Å². The Morgan fingerprint density at radius 3 is 2.69 bits per heavy atom. The van der Waals surface area contributed by atoms with E-state index in [0.717, 1.165) is 9.61 Å². The summed E-state index contributed by atoms with van der Waals surface area (Å²) in [6.07, 6.45) is 0. The first-order valence-corrected chi connectivity index (χ1v) is 5.40. The summed E-state index contributed by atoms with van der Waals surface area (Å²) in [6.45, 7) is 5.03. The summed E-state index contributed by atoms with van der Waals surface area (Å²) in [4.78, 5) is 15.0. The fourth-order valence-corrected chi connectivity index (χ4v) is 2.25. The lowest BCUT2D eigenvalue weighted by atomic mass is 10.1.